The number of ether oxygens (including phenoxy) is 1. The largest absolute Gasteiger partial charge is 0.460 e. The highest BCUT2D eigenvalue weighted by Crippen LogP contribution is 2.24. The molecule has 1 fully saturated rings. The second kappa shape index (κ2) is 5.44. The highest BCUT2D eigenvalue weighted by molar-refractivity contribution is 7.13. The fourth-order valence-electron chi connectivity index (χ4n) is 2.21. The summed E-state index contributed by atoms with van der Waals surface area (Å²) in [6.45, 7) is 0. The van der Waals surface area contributed by atoms with Gasteiger partial charge in [0, 0.05) is 12.4 Å². The maximum atomic E-state index is 5.86. The Morgan fingerprint density at radius 3 is 2.89 bits per heavy atom. The monoisotopic (exact) mass is 261 g/mol. The summed E-state index contributed by atoms with van der Waals surface area (Å²) in [5.41, 5.74) is 2.69. The van der Waals surface area contributed by atoms with Crippen LogP contribution in [0.5, 0.6) is 6.01 Å². The van der Waals surface area contributed by atoms with Crippen molar-refractivity contribution in [3.63, 3.8) is 0 Å². The lowest BCUT2D eigenvalue weighted by Gasteiger charge is -2.21. The van der Waals surface area contributed by atoms with Crippen molar-refractivity contribution in [2.24, 2.45) is 0 Å². The van der Waals surface area contributed by atoms with Gasteiger partial charge in [0.1, 0.15) is 6.10 Å². The molecular formula is C13H15N3OS. The van der Waals surface area contributed by atoms with Crippen LogP contribution in [0.25, 0.3) is 10.6 Å². The zero-order valence-electron chi connectivity index (χ0n) is 10.1. The van der Waals surface area contributed by atoms with Crippen molar-refractivity contribution in [3.8, 4) is 16.6 Å². The number of hydrogen-bond donors (Lipinski definition) is 0. The Kier molecular flexibility index (Phi) is 3.50. The molecule has 2 heterocycles. The second-order valence-corrected chi connectivity index (χ2v) is 5.35. The smallest absolute Gasteiger partial charge is 0.317 e. The van der Waals surface area contributed by atoms with Crippen molar-refractivity contribution in [2.75, 3.05) is 0 Å². The molecule has 3 rings (SSSR count). The van der Waals surface area contributed by atoms with Crippen LogP contribution in [-0.4, -0.2) is 21.1 Å². The molecule has 1 aliphatic carbocycles. The van der Waals surface area contributed by atoms with Gasteiger partial charge in [0.2, 0.25) is 0 Å². The van der Waals surface area contributed by atoms with Gasteiger partial charge in [0.15, 0.2) is 0 Å². The molecule has 0 saturated heterocycles. The summed E-state index contributed by atoms with van der Waals surface area (Å²) in [4.78, 5) is 13.7. The van der Waals surface area contributed by atoms with Crippen molar-refractivity contribution in [1.82, 2.24) is 15.0 Å². The summed E-state index contributed by atoms with van der Waals surface area (Å²) < 4.78 is 5.86. The van der Waals surface area contributed by atoms with Crippen LogP contribution in [0.1, 0.15) is 32.1 Å². The molecule has 0 spiro atoms. The lowest BCUT2D eigenvalue weighted by molar-refractivity contribution is 0.142. The van der Waals surface area contributed by atoms with Gasteiger partial charge in [-0.05, 0) is 31.7 Å². The summed E-state index contributed by atoms with van der Waals surface area (Å²) in [6, 6.07) is 2.38. The topological polar surface area (TPSA) is 47.9 Å². The molecule has 1 aliphatic rings. The Bertz CT molecular complexity index is 495. The predicted octanol–water partition coefficient (Wildman–Crippen LogP) is 3.31. The summed E-state index contributed by atoms with van der Waals surface area (Å²) in [5.74, 6) is 0. The Morgan fingerprint density at radius 1 is 1.22 bits per heavy atom. The second-order valence-electron chi connectivity index (χ2n) is 4.47. The minimum Gasteiger partial charge on any atom is -0.460 e. The van der Waals surface area contributed by atoms with Crippen molar-refractivity contribution in [3.05, 3.63) is 24.0 Å². The molecule has 2 aromatic heterocycles. The molecule has 0 bridgehead atoms. The third-order valence-electron chi connectivity index (χ3n) is 3.14. The number of rotatable bonds is 3. The lowest BCUT2D eigenvalue weighted by Crippen LogP contribution is -2.20. The third-order valence-corrected chi connectivity index (χ3v) is 3.94. The highest BCUT2D eigenvalue weighted by Gasteiger charge is 2.16. The van der Waals surface area contributed by atoms with Gasteiger partial charge in [-0.25, -0.2) is 4.98 Å². The van der Waals surface area contributed by atoms with Gasteiger partial charge in [-0.3, -0.25) is 4.98 Å². The summed E-state index contributed by atoms with van der Waals surface area (Å²) in [6.07, 6.45) is 9.91. The standard InChI is InChI=1S/C13H15N3OS/c1-2-4-10(5-3-1)17-13-15-7-6-11(16-13)12-8-14-9-18-12/h6-10H,1-5H2. The van der Waals surface area contributed by atoms with E-state index < -0.39 is 0 Å². The zero-order chi connectivity index (χ0) is 12.2. The first-order valence-electron chi connectivity index (χ1n) is 6.30. The minimum atomic E-state index is 0.287. The van der Waals surface area contributed by atoms with Crippen LogP contribution in [0, 0.1) is 0 Å². The molecule has 0 N–H and O–H groups in total. The molecule has 4 nitrogen and oxygen atoms in total. The molecule has 0 radical (unpaired) electrons. The first-order valence-corrected chi connectivity index (χ1v) is 7.18. The van der Waals surface area contributed by atoms with Gasteiger partial charge in [-0.1, -0.05) is 6.42 Å². The van der Waals surface area contributed by atoms with Crippen molar-refractivity contribution < 1.29 is 4.74 Å². The average molecular weight is 261 g/mol. The molecule has 5 heteroatoms. The normalized spacial score (nSPS) is 16.7. The fraction of sp³-hybridized carbons (Fsp3) is 0.462. The van der Waals surface area contributed by atoms with Crippen LogP contribution < -0.4 is 4.74 Å². The van der Waals surface area contributed by atoms with Crippen LogP contribution in [0.4, 0.5) is 0 Å². The van der Waals surface area contributed by atoms with E-state index in [1.165, 1.54) is 19.3 Å². The number of thiazole rings is 1. The molecule has 2 aromatic rings. The molecule has 94 valence electrons. The molecule has 0 amide bonds. The van der Waals surface area contributed by atoms with Gasteiger partial charge in [-0.15, -0.1) is 11.3 Å². The van der Waals surface area contributed by atoms with E-state index in [4.69, 9.17) is 4.74 Å². The number of hydrogen-bond acceptors (Lipinski definition) is 5. The molecule has 0 unspecified atom stereocenters. The van der Waals surface area contributed by atoms with E-state index in [0.29, 0.717) is 6.01 Å². The molecule has 0 aliphatic heterocycles. The van der Waals surface area contributed by atoms with E-state index in [2.05, 4.69) is 15.0 Å². The van der Waals surface area contributed by atoms with Gasteiger partial charge in [0.05, 0.1) is 16.1 Å². The average Bonchev–Trinajstić information content (AvgIpc) is 2.94. The van der Waals surface area contributed by atoms with Gasteiger partial charge in [-0.2, -0.15) is 4.98 Å². The van der Waals surface area contributed by atoms with E-state index in [0.717, 1.165) is 23.4 Å². The van der Waals surface area contributed by atoms with Gasteiger partial charge in [0.25, 0.3) is 0 Å². The van der Waals surface area contributed by atoms with Crippen molar-refractivity contribution >= 4 is 11.3 Å². The Morgan fingerprint density at radius 2 is 2.11 bits per heavy atom. The lowest BCUT2D eigenvalue weighted by atomic mass is 9.98. The van der Waals surface area contributed by atoms with E-state index in [9.17, 15) is 0 Å². The van der Waals surface area contributed by atoms with Crippen LogP contribution in [0.3, 0.4) is 0 Å². The molecule has 1 saturated carbocycles. The minimum absolute atomic E-state index is 0.287. The maximum Gasteiger partial charge on any atom is 0.317 e. The van der Waals surface area contributed by atoms with Crippen LogP contribution >= 0.6 is 11.3 Å². The highest BCUT2D eigenvalue weighted by atomic mass is 32.1. The van der Waals surface area contributed by atoms with Crippen LogP contribution in [0.15, 0.2) is 24.0 Å². The SMILES string of the molecule is c1cc(-c2cncs2)nc(OC2CCCCC2)n1. The van der Waals surface area contributed by atoms with Crippen molar-refractivity contribution in [2.45, 2.75) is 38.2 Å². The summed E-state index contributed by atoms with van der Waals surface area (Å²) in [5, 5.41) is 0. The summed E-state index contributed by atoms with van der Waals surface area (Å²) in [7, 11) is 0. The zero-order valence-corrected chi connectivity index (χ0v) is 10.9. The molecule has 18 heavy (non-hydrogen) atoms. The Labute approximate surface area is 110 Å². The first-order chi connectivity index (χ1) is 8.92. The predicted molar refractivity (Wildman–Crippen MR) is 70.6 cm³/mol. The van der Waals surface area contributed by atoms with E-state index in [1.54, 1.807) is 23.0 Å². The first kappa shape index (κ1) is 11.6. The van der Waals surface area contributed by atoms with E-state index in [1.807, 2.05) is 12.3 Å². The Hall–Kier alpha value is -1.49. The summed E-state index contributed by atoms with van der Waals surface area (Å²) >= 11 is 1.57. The van der Waals surface area contributed by atoms with Crippen LogP contribution in [0.2, 0.25) is 0 Å². The molecule has 0 atom stereocenters. The van der Waals surface area contributed by atoms with Crippen LogP contribution in [-0.2, 0) is 0 Å². The fourth-order valence-corrected chi connectivity index (χ4v) is 2.80. The van der Waals surface area contributed by atoms with E-state index in [-0.39, 0.29) is 6.10 Å². The van der Waals surface area contributed by atoms with E-state index >= 15 is 0 Å². The number of nitrogens with zero attached hydrogens (tertiary/aromatic N) is 3. The maximum absolute atomic E-state index is 5.86. The quantitative estimate of drug-likeness (QED) is 0.850. The third kappa shape index (κ3) is 2.67. The molecular weight excluding hydrogens is 246 g/mol. The van der Waals surface area contributed by atoms with Crippen molar-refractivity contribution in [1.29, 1.82) is 0 Å². The van der Waals surface area contributed by atoms with Gasteiger partial charge >= 0.3 is 6.01 Å². The van der Waals surface area contributed by atoms with Gasteiger partial charge < -0.3 is 4.74 Å². The Balaban J connectivity index is 1.74. The number of aromatic nitrogens is 3. The molecule has 0 aromatic carbocycles.